The third-order valence-electron chi connectivity index (χ3n) is 1.90. The van der Waals surface area contributed by atoms with E-state index in [9.17, 15) is 4.79 Å². The first-order valence-corrected chi connectivity index (χ1v) is 4.39. The van der Waals surface area contributed by atoms with E-state index in [1.807, 2.05) is 0 Å². The Balaban J connectivity index is 2.96. The van der Waals surface area contributed by atoms with Gasteiger partial charge in [0.1, 0.15) is 5.75 Å². The third-order valence-corrected chi connectivity index (χ3v) is 1.90. The summed E-state index contributed by atoms with van der Waals surface area (Å²) in [5.41, 5.74) is 0.966. The number of hydrogen-bond donors (Lipinski definition) is 1. The fraction of sp³-hybridized carbons (Fsp3) is 0.0833. The normalized spacial score (nSPS) is 10.9. The molecule has 3 heteroatoms. The molecule has 0 aliphatic carbocycles. The number of methoxy groups -OCH3 is 1. The minimum absolute atomic E-state index is 0.167. The topological polar surface area (TPSA) is 46.5 Å². The third kappa shape index (κ3) is 2.98. The molecule has 1 aromatic rings. The SMILES string of the molecule is C=CC(=Cc1ccc(OC)cc1)C(=O)O. The van der Waals surface area contributed by atoms with Crippen molar-refractivity contribution < 1.29 is 14.6 Å². The van der Waals surface area contributed by atoms with Crippen LogP contribution in [0.2, 0.25) is 0 Å². The molecule has 0 heterocycles. The highest BCUT2D eigenvalue weighted by Crippen LogP contribution is 2.14. The fourth-order valence-electron chi connectivity index (χ4n) is 1.09. The summed E-state index contributed by atoms with van der Waals surface area (Å²) in [5.74, 6) is -0.247. The molecule has 0 amide bonds. The molecule has 0 aliphatic heterocycles. The number of aliphatic carboxylic acids is 1. The molecule has 15 heavy (non-hydrogen) atoms. The van der Waals surface area contributed by atoms with Crippen LogP contribution in [0.4, 0.5) is 0 Å². The van der Waals surface area contributed by atoms with Gasteiger partial charge in [-0.2, -0.15) is 0 Å². The summed E-state index contributed by atoms with van der Waals surface area (Å²) >= 11 is 0. The average molecular weight is 204 g/mol. The van der Waals surface area contributed by atoms with E-state index in [1.54, 1.807) is 37.5 Å². The Kier molecular flexibility index (Phi) is 3.68. The number of carbonyl (C=O) groups is 1. The molecular weight excluding hydrogens is 192 g/mol. The first kappa shape index (κ1) is 11.0. The monoisotopic (exact) mass is 204 g/mol. The van der Waals surface area contributed by atoms with Crippen LogP contribution in [0, 0.1) is 0 Å². The van der Waals surface area contributed by atoms with Crippen molar-refractivity contribution in [3.63, 3.8) is 0 Å². The molecule has 3 nitrogen and oxygen atoms in total. The highest BCUT2D eigenvalue weighted by atomic mass is 16.5. The van der Waals surface area contributed by atoms with E-state index in [0.717, 1.165) is 11.3 Å². The average Bonchev–Trinajstić information content (AvgIpc) is 2.26. The number of benzene rings is 1. The molecule has 78 valence electrons. The van der Waals surface area contributed by atoms with Crippen LogP contribution in [-0.2, 0) is 4.79 Å². The van der Waals surface area contributed by atoms with E-state index in [0.29, 0.717) is 0 Å². The Morgan fingerprint density at radius 3 is 2.40 bits per heavy atom. The Hall–Kier alpha value is -2.03. The van der Waals surface area contributed by atoms with Gasteiger partial charge in [-0.25, -0.2) is 4.79 Å². The van der Waals surface area contributed by atoms with Crippen molar-refractivity contribution in [3.8, 4) is 5.75 Å². The van der Waals surface area contributed by atoms with Gasteiger partial charge in [0.05, 0.1) is 12.7 Å². The quantitative estimate of drug-likeness (QED) is 0.605. The summed E-state index contributed by atoms with van der Waals surface area (Å²) in [5, 5.41) is 8.77. The molecule has 0 aromatic heterocycles. The Morgan fingerprint density at radius 1 is 1.40 bits per heavy atom. The van der Waals surface area contributed by atoms with Crippen LogP contribution in [0.25, 0.3) is 6.08 Å². The Labute approximate surface area is 88.3 Å². The zero-order valence-electron chi connectivity index (χ0n) is 8.43. The van der Waals surface area contributed by atoms with E-state index < -0.39 is 5.97 Å². The van der Waals surface area contributed by atoms with Gasteiger partial charge in [-0.05, 0) is 23.8 Å². The smallest absolute Gasteiger partial charge is 0.335 e. The van der Waals surface area contributed by atoms with E-state index >= 15 is 0 Å². The number of hydrogen-bond acceptors (Lipinski definition) is 2. The van der Waals surface area contributed by atoms with Crippen molar-refractivity contribution in [1.82, 2.24) is 0 Å². The molecule has 0 saturated carbocycles. The first-order chi connectivity index (χ1) is 7.17. The van der Waals surface area contributed by atoms with Gasteiger partial charge < -0.3 is 9.84 Å². The van der Waals surface area contributed by atoms with Gasteiger partial charge in [0.25, 0.3) is 0 Å². The van der Waals surface area contributed by atoms with Gasteiger partial charge in [-0.15, -0.1) is 0 Å². The minimum Gasteiger partial charge on any atom is -0.497 e. The lowest BCUT2D eigenvalue weighted by Crippen LogP contribution is -1.96. The van der Waals surface area contributed by atoms with E-state index in [-0.39, 0.29) is 5.57 Å². The van der Waals surface area contributed by atoms with Gasteiger partial charge in [0, 0.05) is 0 Å². The van der Waals surface area contributed by atoms with Crippen LogP contribution in [0.15, 0.2) is 42.5 Å². The maximum atomic E-state index is 10.7. The highest BCUT2D eigenvalue weighted by molar-refractivity contribution is 5.95. The predicted molar refractivity (Wildman–Crippen MR) is 58.8 cm³/mol. The van der Waals surface area contributed by atoms with Gasteiger partial charge >= 0.3 is 5.97 Å². The Morgan fingerprint density at radius 2 is 2.00 bits per heavy atom. The van der Waals surface area contributed by atoms with Crippen molar-refractivity contribution in [2.24, 2.45) is 0 Å². The molecule has 0 bridgehead atoms. The summed E-state index contributed by atoms with van der Waals surface area (Å²) in [4.78, 5) is 10.7. The second kappa shape index (κ2) is 5.00. The molecule has 1 aromatic carbocycles. The second-order valence-corrected chi connectivity index (χ2v) is 2.88. The molecule has 0 spiro atoms. The second-order valence-electron chi connectivity index (χ2n) is 2.88. The maximum Gasteiger partial charge on any atom is 0.335 e. The lowest BCUT2D eigenvalue weighted by molar-refractivity contribution is -0.132. The molecule has 0 fully saturated rings. The van der Waals surface area contributed by atoms with Crippen LogP contribution in [0.3, 0.4) is 0 Å². The van der Waals surface area contributed by atoms with Crippen molar-refractivity contribution in [3.05, 3.63) is 48.1 Å². The van der Waals surface area contributed by atoms with Crippen LogP contribution in [0.5, 0.6) is 5.75 Å². The van der Waals surface area contributed by atoms with Crippen molar-refractivity contribution in [1.29, 1.82) is 0 Å². The van der Waals surface area contributed by atoms with Crippen LogP contribution in [0.1, 0.15) is 5.56 Å². The molecule has 0 saturated heterocycles. The van der Waals surface area contributed by atoms with E-state index in [4.69, 9.17) is 9.84 Å². The summed E-state index contributed by atoms with van der Waals surface area (Å²) in [7, 11) is 1.58. The fourth-order valence-corrected chi connectivity index (χ4v) is 1.09. The molecule has 0 atom stereocenters. The lowest BCUT2D eigenvalue weighted by atomic mass is 10.1. The Bertz CT molecular complexity index is 388. The van der Waals surface area contributed by atoms with Crippen LogP contribution < -0.4 is 4.74 Å². The molecular formula is C12H12O3. The molecule has 0 unspecified atom stereocenters. The molecule has 1 rings (SSSR count). The summed E-state index contributed by atoms with van der Waals surface area (Å²) in [6.07, 6.45) is 2.86. The predicted octanol–water partition coefficient (Wildman–Crippen LogP) is 2.35. The summed E-state index contributed by atoms with van der Waals surface area (Å²) < 4.78 is 4.99. The van der Waals surface area contributed by atoms with Crippen molar-refractivity contribution >= 4 is 12.0 Å². The van der Waals surface area contributed by atoms with Crippen LogP contribution >= 0.6 is 0 Å². The first-order valence-electron chi connectivity index (χ1n) is 4.39. The van der Waals surface area contributed by atoms with Gasteiger partial charge in [0.15, 0.2) is 0 Å². The van der Waals surface area contributed by atoms with Gasteiger partial charge in [0.2, 0.25) is 0 Å². The lowest BCUT2D eigenvalue weighted by Gasteiger charge is -2.00. The van der Waals surface area contributed by atoms with Gasteiger partial charge in [-0.3, -0.25) is 0 Å². The maximum absolute atomic E-state index is 10.7. The molecule has 0 radical (unpaired) electrons. The van der Waals surface area contributed by atoms with Crippen molar-refractivity contribution in [2.75, 3.05) is 7.11 Å². The summed E-state index contributed by atoms with van der Waals surface area (Å²) in [6.45, 7) is 3.44. The van der Waals surface area contributed by atoms with E-state index in [2.05, 4.69) is 6.58 Å². The molecule has 0 aliphatic rings. The largest absolute Gasteiger partial charge is 0.497 e. The zero-order chi connectivity index (χ0) is 11.3. The molecule has 1 N–H and O–H groups in total. The van der Waals surface area contributed by atoms with Gasteiger partial charge in [-0.1, -0.05) is 24.8 Å². The summed E-state index contributed by atoms with van der Waals surface area (Å²) in [6, 6.07) is 7.11. The van der Waals surface area contributed by atoms with E-state index in [1.165, 1.54) is 6.08 Å². The number of rotatable bonds is 4. The number of carboxylic acid groups (broad SMARTS) is 1. The minimum atomic E-state index is -0.985. The number of carboxylic acids is 1. The zero-order valence-corrected chi connectivity index (χ0v) is 8.43. The van der Waals surface area contributed by atoms with Crippen LogP contribution in [-0.4, -0.2) is 18.2 Å². The standard InChI is InChI=1S/C12H12O3/c1-3-10(12(13)14)8-9-4-6-11(15-2)7-5-9/h3-8H,1H2,2H3,(H,13,14). The number of ether oxygens (including phenoxy) is 1. The van der Waals surface area contributed by atoms with Crippen molar-refractivity contribution in [2.45, 2.75) is 0 Å². The highest BCUT2D eigenvalue weighted by Gasteiger charge is 2.01.